The minimum atomic E-state index is -3.42. The molecule has 2 aliphatic heterocycles. The van der Waals surface area contributed by atoms with Gasteiger partial charge in [-0.2, -0.15) is 0 Å². The molecule has 4 rings (SSSR count). The molecular formula is C28H38N4O5S. The van der Waals surface area contributed by atoms with Crippen LogP contribution in [0, 0.1) is 0 Å². The van der Waals surface area contributed by atoms with Crippen LogP contribution in [-0.4, -0.2) is 75.8 Å². The quantitative estimate of drug-likeness (QED) is 0.466. The Morgan fingerprint density at radius 2 is 1.71 bits per heavy atom. The number of amides is 2. The summed E-state index contributed by atoms with van der Waals surface area (Å²) in [7, 11) is -3.42. The smallest absolute Gasteiger partial charge is 0.247 e. The van der Waals surface area contributed by atoms with E-state index in [0.29, 0.717) is 45.5 Å². The lowest BCUT2D eigenvalue weighted by molar-refractivity contribution is -0.140. The number of benzene rings is 2. The number of piperidine rings is 1. The molecule has 0 aromatic heterocycles. The van der Waals surface area contributed by atoms with Gasteiger partial charge >= 0.3 is 0 Å². The van der Waals surface area contributed by atoms with E-state index in [0.717, 1.165) is 16.8 Å². The third-order valence-corrected chi connectivity index (χ3v) is 8.60. The molecule has 2 aromatic rings. The molecule has 1 spiro atoms. The summed E-state index contributed by atoms with van der Waals surface area (Å²) < 4.78 is 32.3. The summed E-state index contributed by atoms with van der Waals surface area (Å²) in [5.41, 5.74) is 7.35. The number of ether oxygens (including phenoxy) is 1. The maximum atomic E-state index is 13.6. The lowest BCUT2D eigenvalue weighted by atomic mass is 9.74. The van der Waals surface area contributed by atoms with E-state index in [2.05, 4.69) is 5.32 Å². The second-order valence-corrected chi connectivity index (χ2v) is 12.9. The summed E-state index contributed by atoms with van der Waals surface area (Å²) in [4.78, 5) is 28.0. The molecule has 10 heteroatoms. The molecule has 38 heavy (non-hydrogen) atoms. The highest BCUT2D eigenvalue weighted by atomic mass is 32.2. The number of sulfonamides is 1. The molecule has 0 radical (unpaired) electrons. The molecule has 206 valence electrons. The summed E-state index contributed by atoms with van der Waals surface area (Å²) in [6.45, 7) is 4.92. The van der Waals surface area contributed by atoms with E-state index in [-0.39, 0.29) is 17.9 Å². The van der Waals surface area contributed by atoms with Gasteiger partial charge in [0, 0.05) is 25.0 Å². The van der Waals surface area contributed by atoms with Crippen LogP contribution < -0.4 is 15.4 Å². The van der Waals surface area contributed by atoms with Crippen molar-refractivity contribution in [2.24, 2.45) is 5.73 Å². The first kappa shape index (κ1) is 28.1. The highest BCUT2D eigenvalue weighted by Crippen LogP contribution is 2.47. The van der Waals surface area contributed by atoms with E-state index >= 15 is 0 Å². The fourth-order valence-corrected chi connectivity index (χ4v) is 6.24. The number of rotatable bonds is 9. The highest BCUT2D eigenvalue weighted by Gasteiger charge is 2.48. The molecule has 1 saturated heterocycles. The lowest BCUT2D eigenvalue weighted by Crippen LogP contribution is -2.59. The second-order valence-electron chi connectivity index (χ2n) is 11.0. The van der Waals surface area contributed by atoms with E-state index < -0.39 is 27.5 Å². The SMILES string of the molecule is CC(C)(N)C(=O)N[C@H](COCCc1ccccc1)C(=O)N1CCC2(CC1)CN(S(C)(=O)=O)c1ccccc12. The minimum Gasteiger partial charge on any atom is -0.378 e. The molecule has 2 aliphatic rings. The van der Waals surface area contributed by atoms with E-state index in [1.807, 2.05) is 54.6 Å². The molecule has 0 unspecified atom stereocenters. The first-order valence-corrected chi connectivity index (χ1v) is 14.8. The van der Waals surface area contributed by atoms with Crippen molar-refractivity contribution in [2.75, 3.05) is 43.4 Å². The average Bonchev–Trinajstić information content (AvgIpc) is 3.20. The van der Waals surface area contributed by atoms with Gasteiger partial charge in [0.05, 0.1) is 30.7 Å². The van der Waals surface area contributed by atoms with Crippen molar-refractivity contribution < 1.29 is 22.7 Å². The largest absolute Gasteiger partial charge is 0.378 e. The summed E-state index contributed by atoms with van der Waals surface area (Å²) in [6.07, 6.45) is 3.17. The highest BCUT2D eigenvalue weighted by molar-refractivity contribution is 7.92. The Morgan fingerprint density at radius 3 is 2.34 bits per heavy atom. The number of anilines is 1. The van der Waals surface area contributed by atoms with Gasteiger partial charge in [0.1, 0.15) is 6.04 Å². The van der Waals surface area contributed by atoms with Gasteiger partial charge in [0.25, 0.3) is 0 Å². The van der Waals surface area contributed by atoms with Crippen LogP contribution in [0.5, 0.6) is 0 Å². The number of nitrogens with one attached hydrogen (secondary N) is 1. The van der Waals surface area contributed by atoms with Gasteiger partial charge < -0.3 is 20.7 Å². The van der Waals surface area contributed by atoms with Crippen LogP contribution in [0.2, 0.25) is 0 Å². The van der Waals surface area contributed by atoms with Crippen LogP contribution in [0.3, 0.4) is 0 Å². The fourth-order valence-electron chi connectivity index (χ4n) is 5.24. The molecule has 0 bridgehead atoms. The van der Waals surface area contributed by atoms with Gasteiger partial charge in [-0.3, -0.25) is 13.9 Å². The maximum absolute atomic E-state index is 13.6. The summed E-state index contributed by atoms with van der Waals surface area (Å²) in [5, 5.41) is 2.79. The van der Waals surface area contributed by atoms with Crippen LogP contribution in [0.4, 0.5) is 5.69 Å². The number of hydrogen-bond donors (Lipinski definition) is 2. The van der Waals surface area contributed by atoms with Gasteiger partial charge in [0.2, 0.25) is 21.8 Å². The van der Waals surface area contributed by atoms with Crippen molar-refractivity contribution in [3.63, 3.8) is 0 Å². The minimum absolute atomic E-state index is 0.0415. The Hall–Kier alpha value is -2.95. The lowest BCUT2D eigenvalue weighted by Gasteiger charge is -2.41. The molecule has 1 fully saturated rings. The van der Waals surface area contributed by atoms with E-state index in [1.165, 1.54) is 10.6 Å². The molecule has 2 aromatic carbocycles. The first-order chi connectivity index (χ1) is 17.9. The Balaban J connectivity index is 1.43. The number of fused-ring (bicyclic) bond motifs is 2. The van der Waals surface area contributed by atoms with Gasteiger partial charge in [-0.15, -0.1) is 0 Å². The zero-order valence-electron chi connectivity index (χ0n) is 22.4. The standard InChI is InChI=1S/C28H38N4O5S/c1-27(2,29)26(34)30-23(19-37-18-13-21-9-5-4-6-10-21)25(33)31-16-14-28(15-17-31)20-32(38(3,35)36)24-12-8-7-11-22(24)28/h4-12,23H,13-20,29H2,1-3H3,(H,30,34)/t23-/m1/s1. The average molecular weight is 543 g/mol. The zero-order chi connectivity index (χ0) is 27.6. The molecule has 2 heterocycles. The number of nitrogens with zero attached hydrogens (tertiary/aromatic N) is 2. The number of likely N-dealkylation sites (tertiary alicyclic amines) is 1. The molecule has 1 atom stereocenters. The maximum Gasteiger partial charge on any atom is 0.247 e. The number of para-hydroxylation sites is 1. The Kier molecular flexibility index (Phi) is 8.15. The van der Waals surface area contributed by atoms with E-state index in [9.17, 15) is 18.0 Å². The molecule has 0 saturated carbocycles. The van der Waals surface area contributed by atoms with Gasteiger partial charge in [0.15, 0.2) is 0 Å². The first-order valence-electron chi connectivity index (χ1n) is 13.0. The summed E-state index contributed by atoms with van der Waals surface area (Å²) in [6, 6.07) is 16.7. The van der Waals surface area contributed by atoms with Crippen molar-refractivity contribution in [2.45, 2.75) is 50.1 Å². The van der Waals surface area contributed by atoms with Crippen molar-refractivity contribution in [1.82, 2.24) is 10.2 Å². The van der Waals surface area contributed by atoms with E-state index in [1.54, 1.807) is 18.7 Å². The van der Waals surface area contributed by atoms with Crippen molar-refractivity contribution >= 4 is 27.5 Å². The third kappa shape index (κ3) is 6.19. The van der Waals surface area contributed by atoms with Crippen LogP contribution in [0.1, 0.15) is 37.8 Å². The molecule has 3 N–H and O–H groups in total. The van der Waals surface area contributed by atoms with Gasteiger partial charge in [-0.05, 0) is 50.3 Å². The van der Waals surface area contributed by atoms with Crippen molar-refractivity contribution in [3.8, 4) is 0 Å². The zero-order valence-corrected chi connectivity index (χ0v) is 23.2. The summed E-state index contributed by atoms with van der Waals surface area (Å²) in [5.74, 6) is -0.645. The van der Waals surface area contributed by atoms with Crippen LogP contribution in [0.25, 0.3) is 0 Å². The van der Waals surface area contributed by atoms with Crippen LogP contribution in [0.15, 0.2) is 54.6 Å². The number of carbonyl (C=O) groups excluding carboxylic acids is 2. The Labute approximate surface area is 225 Å². The van der Waals surface area contributed by atoms with Gasteiger partial charge in [-0.25, -0.2) is 8.42 Å². The molecular weight excluding hydrogens is 504 g/mol. The predicted molar refractivity (Wildman–Crippen MR) is 147 cm³/mol. The molecule has 0 aliphatic carbocycles. The monoisotopic (exact) mass is 542 g/mol. The molecule has 9 nitrogen and oxygen atoms in total. The Bertz CT molecular complexity index is 1250. The predicted octanol–water partition coefficient (Wildman–Crippen LogP) is 1.81. The molecule has 2 amide bonds. The Morgan fingerprint density at radius 1 is 1.08 bits per heavy atom. The number of nitrogens with two attached hydrogens (primary N) is 1. The van der Waals surface area contributed by atoms with Crippen molar-refractivity contribution in [3.05, 3.63) is 65.7 Å². The normalized spacial score (nSPS) is 17.8. The van der Waals surface area contributed by atoms with Crippen molar-refractivity contribution in [1.29, 1.82) is 0 Å². The fraction of sp³-hybridized carbons (Fsp3) is 0.500. The third-order valence-electron chi connectivity index (χ3n) is 7.47. The van der Waals surface area contributed by atoms with Crippen LogP contribution >= 0.6 is 0 Å². The second kappa shape index (κ2) is 11.0. The number of carbonyl (C=O) groups is 2. The summed E-state index contributed by atoms with van der Waals surface area (Å²) >= 11 is 0. The number of hydrogen-bond acceptors (Lipinski definition) is 6. The van der Waals surface area contributed by atoms with E-state index in [4.69, 9.17) is 10.5 Å². The van der Waals surface area contributed by atoms with Crippen LogP contribution in [-0.2, 0) is 36.2 Å². The topological polar surface area (TPSA) is 122 Å². The van der Waals surface area contributed by atoms with Gasteiger partial charge in [-0.1, -0.05) is 48.5 Å².